The maximum Gasteiger partial charge on any atom is 0.179 e. The van der Waals surface area contributed by atoms with Gasteiger partial charge in [0, 0.05) is 15.5 Å². The molecule has 0 aliphatic carbocycles. The van der Waals surface area contributed by atoms with Crippen LogP contribution in [0.25, 0.3) is 12.2 Å². The minimum atomic E-state index is -3.64. The van der Waals surface area contributed by atoms with Crippen LogP contribution in [0.4, 0.5) is 0 Å². The van der Waals surface area contributed by atoms with Crippen molar-refractivity contribution in [2.24, 2.45) is 0 Å². The highest BCUT2D eigenvalue weighted by atomic mass is 35.5. The van der Waals surface area contributed by atoms with Gasteiger partial charge < -0.3 is 0 Å². The van der Waals surface area contributed by atoms with E-state index in [4.69, 9.17) is 23.2 Å². The van der Waals surface area contributed by atoms with Crippen LogP contribution < -0.4 is 0 Å². The van der Waals surface area contributed by atoms with Crippen LogP contribution in [0, 0.1) is 0 Å². The number of allylic oxidation sites excluding steroid dienone is 1. The average molecular weight is 381 g/mol. The van der Waals surface area contributed by atoms with E-state index in [1.54, 1.807) is 54.6 Å². The molecule has 2 aromatic rings. The Hall–Kier alpha value is -1.88. The zero-order valence-electron chi connectivity index (χ0n) is 12.5. The summed E-state index contributed by atoms with van der Waals surface area (Å²) in [5.41, 5.74) is 1.45. The molecule has 0 bridgehead atoms. The molecule has 6 heteroatoms. The molecule has 0 aliphatic heterocycles. The average Bonchev–Trinajstić information content (AvgIpc) is 2.53. The van der Waals surface area contributed by atoms with E-state index in [2.05, 4.69) is 0 Å². The smallest absolute Gasteiger partial charge is 0.179 e. The third-order valence-electron chi connectivity index (χ3n) is 3.01. The normalized spacial score (nSPS) is 12.1. The molecule has 0 atom stereocenters. The fraction of sp³-hybridized carbons (Fsp3) is 0.0556. The Morgan fingerprint density at radius 2 is 1.29 bits per heavy atom. The minimum Gasteiger partial charge on any atom is -0.294 e. The van der Waals surface area contributed by atoms with E-state index in [9.17, 15) is 13.2 Å². The van der Waals surface area contributed by atoms with E-state index in [1.165, 1.54) is 12.2 Å². The SMILES string of the molecule is O=C(/C=C\c1ccc(Cl)cc1)CS(=O)(=O)/C=C/c1ccc(Cl)cc1. The first-order valence-corrected chi connectivity index (χ1v) is 9.44. The molecule has 0 N–H and O–H groups in total. The number of ketones is 1. The van der Waals surface area contributed by atoms with Crippen molar-refractivity contribution in [2.45, 2.75) is 0 Å². The Balaban J connectivity index is 1.98. The summed E-state index contributed by atoms with van der Waals surface area (Å²) in [6, 6.07) is 13.6. The Morgan fingerprint density at radius 1 is 0.833 bits per heavy atom. The van der Waals surface area contributed by atoms with Gasteiger partial charge in [0.1, 0.15) is 5.75 Å². The van der Waals surface area contributed by atoms with Crippen LogP contribution in [0.2, 0.25) is 10.0 Å². The second-order valence-corrected chi connectivity index (χ2v) is 7.77. The van der Waals surface area contributed by atoms with Crippen molar-refractivity contribution in [3.63, 3.8) is 0 Å². The summed E-state index contributed by atoms with van der Waals surface area (Å²) in [6.45, 7) is 0. The van der Waals surface area contributed by atoms with Gasteiger partial charge in [0.2, 0.25) is 0 Å². The van der Waals surface area contributed by atoms with E-state index in [0.717, 1.165) is 11.0 Å². The molecular formula is C18H14Cl2O3S. The molecule has 0 radical (unpaired) electrons. The summed E-state index contributed by atoms with van der Waals surface area (Å²) < 4.78 is 23.9. The molecule has 0 heterocycles. The molecule has 24 heavy (non-hydrogen) atoms. The lowest BCUT2D eigenvalue weighted by Gasteiger charge is -1.97. The van der Waals surface area contributed by atoms with E-state index < -0.39 is 21.4 Å². The number of halogens is 2. The second-order valence-electron chi connectivity index (χ2n) is 5.01. The summed E-state index contributed by atoms with van der Waals surface area (Å²) in [6.07, 6.45) is 4.23. The second kappa shape index (κ2) is 8.29. The largest absolute Gasteiger partial charge is 0.294 e. The zero-order valence-corrected chi connectivity index (χ0v) is 14.9. The molecule has 0 saturated heterocycles. The molecule has 2 aromatic carbocycles. The molecule has 3 nitrogen and oxygen atoms in total. The lowest BCUT2D eigenvalue weighted by molar-refractivity contribution is -0.112. The Morgan fingerprint density at radius 3 is 1.79 bits per heavy atom. The van der Waals surface area contributed by atoms with Gasteiger partial charge in [0.05, 0.1) is 0 Å². The summed E-state index contributed by atoms with van der Waals surface area (Å²) in [5, 5.41) is 2.19. The first-order chi connectivity index (χ1) is 11.3. The van der Waals surface area contributed by atoms with E-state index in [-0.39, 0.29) is 0 Å². The van der Waals surface area contributed by atoms with Crippen molar-refractivity contribution in [3.05, 3.63) is 81.2 Å². The number of hydrogen-bond donors (Lipinski definition) is 0. The van der Waals surface area contributed by atoms with E-state index >= 15 is 0 Å². The van der Waals surface area contributed by atoms with Gasteiger partial charge in [-0.2, -0.15) is 0 Å². The Labute approximate surface area is 151 Å². The van der Waals surface area contributed by atoms with Crippen LogP contribution >= 0.6 is 23.2 Å². The molecule has 2 rings (SSSR count). The Bertz CT molecular complexity index is 865. The maximum atomic E-state index is 12.0. The third kappa shape index (κ3) is 6.32. The highest BCUT2D eigenvalue weighted by Crippen LogP contribution is 2.12. The molecule has 0 aromatic heterocycles. The summed E-state index contributed by atoms with van der Waals surface area (Å²) >= 11 is 11.5. The number of rotatable bonds is 6. The minimum absolute atomic E-state index is 0.495. The number of sulfone groups is 1. The number of carbonyl (C=O) groups is 1. The molecule has 0 spiro atoms. The number of benzene rings is 2. The van der Waals surface area contributed by atoms with Gasteiger partial charge >= 0.3 is 0 Å². The third-order valence-corrected chi connectivity index (χ3v) is 4.75. The fourth-order valence-corrected chi connectivity index (χ4v) is 3.02. The van der Waals surface area contributed by atoms with Crippen LogP contribution in [-0.4, -0.2) is 20.0 Å². The van der Waals surface area contributed by atoms with Gasteiger partial charge in [-0.15, -0.1) is 0 Å². The van der Waals surface area contributed by atoms with Gasteiger partial charge in [-0.3, -0.25) is 4.79 Å². The van der Waals surface area contributed by atoms with Gasteiger partial charge in [-0.05, 0) is 47.5 Å². The lowest BCUT2D eigenvalue weighted by atomic mass is 10.2. The number of hydrogen-bond acceptors (Lipinski definition) is 3. The fourth-order valence-electron chi connectivity index (χ4n) is 1.81. The molecule has 0 fully saturated rings. The van der Waals surface area contributed by atoms with Gasteiger partial charge in [0.25, 0.3) is 0 Å². The summed E-state index contributed by atoms with van der Waals surface area (Å²) in [7, 11) is -3.64. The van der Waals surface area contributed by atoms with Crippen molar-refractivity contribution in [1.82, 2.24) is 0 Å². The number of carbonyl (C=O) groups excluding carboxylic acids is 1. The molecular weight excluding hydrogens is 367 g/mol. The first-order valence-electron chi connectivity index (χ1n) is 6.97. The van der Waals surface area contributed by atoms with E-state index in [0.29, 0.717) is 15.6 Å². The first kappa shape index (κ1) is 18.5. The Kier molecular flexibility index (Phi) is 6.37. The summed E-state index contributed by atoms with van der Waals surface area (Å²) in [4.78, 5) is 11.8. The molecule has 0 aliphatic rings. The predicted molar refractivity (Wildman–Crippen MR) is 99.8 cm³/mol. The van der Waals surface area contributed by atoms with Gasteiger partial charge in [-0.1, -0.05) is 53.5 Å². The molecule has 0 saturated carbocycles. The monoisotopic (exact) mass is 380 g/mol. The molecule has 0 unspecified atom stereocenters. The quantitative estimate of drug-likeness (QED) is 0.684. The highest BCUT2D eigenvalue weighted by molar-refractivity contribution is 7.95. The van der Waals surface area contributed by atoms with Crippen LogP contribution in [-0.2, 0) is 14.6 Å². The van der Waals surface area contributed by atoms with Crippen LogP contribution in [0.5, 0.6) is 0 Å². The van der Waals surface area contributed by atoms with Crippen molar-refractivity contribution in [1.29, 1.82) is 0 Å². The maximum absolute atomic E-state index is 12.0. The lowest BCUT2D eigenvalue weighted by Crippen LogP contribution is -2.11. The topological polar surface area (TPSA) is 51.2 Å². The molecule has 124 valence electrons. The van der Waals surface area contributed by atoms with Gasteiger partial charge in [0.15, 0.2) is 15.6 Å². The van der Waals surface area contributed by atoms with Crippen LogP contribution in [0.3, 0.4) is 0 Å². The van der Waals surface area contributed by atoms with Crippen molar-refractivity contribution in [2.75, 3.05) is 5.75 Å². The van der Waals surface area contributed by atoms with Gasteiger partial charge in [-0.25, -0.2) is 8.42 Å². The van der Waals surface area contributed by atoms with Crippen LogP contribution in [0.15, 0.2) is 60.0 Å². The predicted octanol–water partition coefficient (Wildman–Crippen LogP) is 4.66. The van der Waals surface area contributed by atoms with Crippen molar-refractivity contribution >= 4 is 51.0 Å². The zero-order chi connectivity index (χ0) is 17.6. The summed E-state index contributed by atoms with van der Waals surface area (Å²) in [5.74, 6) is -1.08. The van der Waals surface area contributed by atoms with Crippen LogP contribution in [0.1, 0.15) is 11.1 Å². The van der Waals surface area contributed by atoms with Crippen molar-refractivity contribution in [3.8, 4) is 0 Å². The van der Waals surface area contributed by atoms with E-state index in [1.807, 2.05) is 0 Å². The standard InChI is InChI=1S/C18H14Cl2O3S/c19-16-6-1-14(2-7-16)5-10-18(21)13-24(22,23)12-11-15-3-8-17(20)9-4-15/h1-12H,13H2/b10-5-,12-11+. The van der Waals surface area contributed by atoms with Crippen molar-refractivity contribution < 1.29 is 13.2 Å². The molecule has 0 amide bonds. The highest BCUT2D eigenvalue weighted by Gasteiger charge is 2.11.